The third-order valence-corrected chi connectivity index (χ3v) is 1.39. The van der Waals surface area contributed by atoms with Crippen LogP contribution in [-0.2, 0) is 0 Å². The number of H-pyrrole nitrogens is 1. The average Bonchev–Trinajstić information content (AvgIpc) is 2.34. The number of nitrogens with one attached hydrogen (secondary N) is 1. The molecular weight excluding hydrogens is 128 g/mol. The standard InChI is InChI=1S/C6H6N4/c7-6-4-3-8-2-1-5(4)9-10-6/h1-3H,(H3,7,9,10). The lowest BCUT2D eigenvalue weighted by molar-refractivity contribution is 1.13. The van der Waals surface area contributed by atoms with Gasteiger partial charge in [0, 0.05) is 12.4 Å². The van der Waals surface area contributed by atoms with Gasteiger partial charge in [-0.2, -0.15) is 5.10 Å². The summed E-state index contributed by atoms with van der Waals surface area (Å²) in [5.74, 6) is 0.572. The molecule has 2 heterocycles. The molecule has 0 spiro atoms. The summed E-state index contributed by atoms with van der Waals surface area (Å²) in [5.41, 5.74) is 6.37. The summed E-state index contributed by atoms with van der Waals surface area (Å²) in [6.45, 7) is 0. The highest BCUT2D eigenvalue weighted by Gasteiger charge is 1.98. The molecule has 2 aromatic rings. The van der Waals surface area contributed by atoms with E-state index in [0.717, 1.165) is 10.9 Å². The molecule has 0 aliphatic carbocycles. The SMILES string of the molecule is Nc1[nH]nc2ccncc12. The summed E-state index contributed by atoms with van der Waals surface area (Å²) in [5, 5.41) is 7.47. The highest BCUT2D eigenvalue weighted by atomic mass is 15.1. The van der Waals surface area contributed by atoms with Crippen molar-refractivity contribution < 1.29 is 0 Å². The molecule has 0 amide bonds. The molecule has 0 saturated carbocycles. The average molecular weight is 134 g/mol. The van der Waals surface area contributed by atoms with E-state index >= 15 is 0 Å². The fourth-order valence-electron chi connectivity index (χ4n) is 0.873. The summed E-state index contributed by atoms with van der Waals surface area (Å²) in [4.78, 5) is 3.91. The molecule has 0 bridgehead atoms. The largest absolute Gasteiger partial charge is 0.384 e. The number of nitrogens with two attached hydrogens (primary N) is 1. The smallest absolute Gasteiger partial charge is 0.128 e. The first-order valence-corrected chi connectivity index (χ1v) is 2.91. The number of pyridine rings is 1. The number of aromatic nitrogens is 3. The molecule has 0 aliphatic rings. The number of aromatic amines is 1. The Kier molecular flexibility index (Phi) is 0.887. The van der Waals surface area contributed by atoms with E-state index < -0.39 is 0 Å². The molecule has 50 valence electrons. The van der Waals surface area contributed by atoms with Gasteiger partial charge in [0.1, 0.15) is 5.82 Å². The zero-order valence-corrected chi connectivity index (χ0v) is 5.20. The first-order valence-electron chi connectivity index (χ1n) is 2.91. The first-order chi connectivity index (χ1) is 4.88. The van der Waals surface area contributed by atoms with Crippen LogP contribution >= 0.6 is 0 Å². The zero-order valence-electron chi connectivity index (χ0n) is 5.20. The Bertz CT molecular complexity index is 351. The molecule has 3 N–H and O–H groups in total. The molecule has 2 rings (SSSR count). The zero-order chi connectivity index (χ0) is 6.97. The fraction of sp³-hybridized carbons (Fsp3) is 0. The van der Waals surface area contributed by atoms with E-state index in [9.17, 15) is 0 Å². The van der Waals surface area contributed by atoms with Gasteiger partial charge in [-0.25, -0.2) is 0 Å². The summed E-state index contributed by atoms with van der Waals surface area (Å²) in [6.07, 6.45) is 3.37. The molecule has 2 aromatic heterocycles. The molecule has 10 heavy (non-hydrogen) atoms. The second kappa shape index (κ2) is 1.70. The van der Waals surface area contributed by atoms with E-state index in [-0.39, 0.29) is 0 Å². The number of hydrogen-bond acceptors (Lipinski definition) is 3. The number of fused-ring (bicyclic) bond motifs is 1. The van der Waals surface area contributed by atoms with Crippen LogP contribution in [0.3, 0.4) is 0 Å². The van der Waals surface area contributed by atoms with Crippen LogP contribution < -0.4 is 5.73 Å². The lowest BCUT2D eigenvalue weighted by Crippen LogP contribution is -1.83. The van der Waals surface area contributed by atoms with Gasteiger partial charge < -0.3 is 5.73 Å². The molecule has 0 saturated heterocycles. The highest BCUT2D eigenvalue weighted by molar-refractivity contribution is 5.87. The van der Waals surface area contributed by atoms with E-state index in [0.29, 0.717) is 5.82 Å². The van der Waals surface area contributed by atoms with Gasteiger partial charge in [-0.05, 0) is 6.07 Å². The molecule has 0 fully saturated rings. The summed E-state index contributed by atoms with van der Waals surface area (Å²) in [7, 11) is 0. The lowest BCUT2D eigenvalue weighted by atomic mass is 10.3. The Hall–Kier alpha value is -1.58. The molecule has 0 unspecified atom stereocenters. The van der Waals surface area contributed by atoms with Crippen LogP contribution in [0.1, 0.15) is 0 Å². The lowest BCUT2D eigenvalue weighted by Gasteiger charge is -1.84. The number of rotatable bonds is 0. The van der Waals surface area contributed by atoms with Crippen molar-refractivity contribution >= 4 is 16.7 Å². The summed E-state index contributed by atoms with van der Waals surface area (Å²) >= 11 is 0. The fourth-order valence-corrected chi connectivity index (χ4v) is 0.873. The van der Waals surface area contributed by atoms with Gasteiger partial charge in [-0.15, -0.1) is 0 Å². The molecule has 0 aromatic carbocycles. The Labute approximate surface area is 57.1 Å². The second-order valence-corrected chi connectivity index (χ2v) is 2.03. The minimum absolute atomic E-state index is 0.572. The van der Waals surface area contributed by atoms with Crippen LogP contribution in [0.15, 0.2) is 18.5 Å². The number of anilines is 1. The van der Waals surface area contributed by atoms with Gasteiger partial charge in [0.2, 0.25) is 0 Å². The van der Waals surface area contributed by atoms with Crippen molar-refractivity contribution in [3.63, 3.8) is 0 Å². The summed E-state index contributed by atoms with van der Waals surface area (Å²) < 4.78 is 0. The molecule has 4 nitrogen and oxygen atoms in total. The molecule has 0 radical (unpaired) electrons. The Balaban J connectivity index is 2.93. The third kappa shape index (κ3) is 0.556. The van der Waals surface area contributed by atoms with Crippen LogP contribution in [0.4, 0.5) is 5.82 Å². The number of hydrogen-bond donors (Lipinski definition) is 2. The van der Waals surface area contributed by atoms with Crippen LogP contribution in [0, 0.1) is 0 Å². The predicted octanol–water partition coefficient (Wildman–Crippen LogP) is 0.540. The van der Waals surface area contributed by atoms with E-state index in [2.05, 4.69) is 15.2 Å². The monoisotopic (exact) mass is 134 g/mol. The van der Waals surface area contributed by atoms with Crippen molar-refractivity contribution in [3.8, 4) is 0 Å². The van der Waals surface area contributed by atoms with Crippen LogP contribution in [-0.4, -0.2) is 15.2 Å². The number of nitrogens with zero attached hydrogens (tertiary/aromatic N) is 2. The van der Waals surface area contributed by atoms with E-state index in [1.165, 1.54) is 0 Å². The van der Waals surface area contributed by atoms with Crippen molar-refractivity contribution in [2.24, 2.45) is 0 Å². The first kappa shape index (κ1) is 5.22. The van der Waals surface area contributed by atoms with Crippen LogP contribution in [0.5, 0.6) is 0 Å². The maximum absolute atomic E-state index is 5.52. The van der Waals surface area contributed by atoms with Crippen molar-refractivity contribution in [3.05, 3.63) is 18.5 Å². The van der Waals surface area contributed by atoms with Gasteiger partial charge in [0.25, 0.3) is 0 Å². The van der Waals surface area contributed by atoms with Crippen molar-refractivity contribution in [2.75, 3.05) is 5.73 Å². The van der Waals surface area contributed by atoms with Crippen LogP contribution in [0.2, 0.25) is 0 Å². The minimum Gasteiger partial charge on any atom is -0.384 e. The molecule has 4 heteroatoms. The minimum atomic E-state index is 0.572. The Morgan fingerprint density at radius 3 is 3.20 bits per heavy atom. The highest BCUT2D eigenvalue weighted by Crippen LogP contribution is 2.13. The van der Waals surface area contributed by atoms with Gasteiger partial charge in [-0.3, -0.25) is 10.1 Å². The Morgan fingerprint density at radius 2 is 2.40 bits per heavy atom. The van der Waals surface area contributed by atoms with E-state index in [4.69, 9.17) is 5.73 Å². The second-order valence-electron chi connectivity index (χ2n) is 2.03. The normalized spacial score (nSPS) is 10.4. The van der Waals surface area contributed by atoms with Gasteiger partial charge >= 0.3 is 0 Å². The molecular formula is C6H6N4. The van der Waals surface area contributed by atoms with Gasteiger partial charge in [0.15, 0.2) is 0 Å². The maximum atomic E-state index is 5.52. The molecule has 0 atom stereocenters. The molecule has 0 aliphatic heterocycles. The summed E-state index contributed by atoms with van der Waals surface area (Å²) in [6, 6.07) is 1.81. The van der Waals surface area contributed by atoms with Gasteiger partial charge in [-0.1, -0.05) is 0 Å². The van der Waals surface area contributed by atoms with Crippen molar-refractivity contribution in [1.82, 2.24) is 15.2 Å². The van der Waals surface area contributed by atoms with E-state index in [1.54, 1.807) is 12.4 Å². The maximum Gasteiger partial charge on any atom is 0.128 e. The third-order valence-electron chi connectivity index (χ3n) is 1.39. The van der Waals surface area contributed by atoms with Crippen LogP contribution in [0.25, 0.3) is 10.9 Å². The van der Waals surface area contributed by atoms with E-state index in [1.807, 2.05) is 6.07 Å². The van der Waals surface area contributed by atoms with Crippen molar-refractivity contribution in [2.45, 2.75) is 0 Å². The van der Waals surface area contributed by atoms with Crippen molar-refractivity contribution in [1.29, 1.82) is 0 Å². The quantitative estimate of drug-likeness (QED) is 0.552. The topological polar surface area (TPSA) is 67.6 Å². The predicted molar refractivity (Wildman–Crippen MR) is 38.3 cm³/mol. The van der Waals surface area contributed by atoms with Gasteiger partial charge in [0.05, 0.1) is 10.9 Å². The Morgan fingerprint density at radius 1 is 1.50 bits per heavy atom. The number of nitrogen functional groups attached to an aromatic ring is 1.